The third-order valence-electron chi connectivity index (χ3n) is 3.46. The first kappa shape index (κ1) is 16.5. The van der Waals surface area contributed by atoms with Crippen molar-refractivity contribution in [3.63, 3.8) is 0 Å². The summed E-state index contributed by atoms with van der Waals surface area (Å²) >= 11 is 3.41. The number of halogens is 1. The summed E-state index contributed by atoms with van der Waals surface area (Å²) in [5, 5.41) is 2.90. The van der Waals surface area contributed by atoms with E-state index in [4.69, 9.17) is 4.42 Å². The highest BCUT2D eigenvalue weighted by Crippen LogP contribution is 2.29. The number of benzene rings is 2. The zero-order valence-corrected chi connectivity index (χ0v) is 15.0. The first-order valence-corrected chi connectivity index (χ1v) is 8.46. The third kappa shape index (κ3) is 3.57. The number of hydrogen-bond donors (Lipinski definition) is 1. The largest absolute Gasteiger partial charge is 0.436 e. The Hall–Kier alpha value is -2.40. The van der Waals surface area contributed by atoms with Gasteiger partial charge in [-0.25, -0.2) is 4.98 Å². The van der Waals surface area contributed by atoms with Gasteiger partial charge in [0, 0.05) is 21.6 Å². The summed E-state index contributed by atoms with van der Waals surface area (Å²) in [4.78, 5) is 16.7. The van der Waals surface area contributed by atoms with Crippen molar-refractivity contribution in [1.82, 2.24) is 10.3 Å². The van der Waals surface area contributed by atoms with Crippen molar-refractivity contribution in [2.45, 2.75) is 19.9 Å². The van der Waals surface area contributed by atoms with Gasteiger partial charge in [0.15, 0.2) is 5.76 Å². The van der Waals surface area contributed by atoms with E-state index in [0.29, 0.717) is 22.8 Å². The molecule has 0 aliphatic carbocycles. The quantitative estimate of drug-likeness (QED) is 0.694. The Balaban J connectivity index is 1.96. The van der Waals surface area contributed by atoms with E-state index < -0.39 is 0 Å². The Morgan fingerprint density at radius 1 is 1.12 bits per heavy atom. The Morgan fingerprint density at radius 2 is 1.83 bits per heavy atom. The molecule has 3 rings (SSSR count). The maximum atomic E-state index is 12.4. The molecule has 122 valence electrons. The van der Waals surface area contributed by atoms with Gasteiger partial charge in [0.25, 0.3) is 5.91 Å². The van der Waals surface area contributed by atoms with Crippen molar-refractivity contribution >= 4 is 21.8 Å². The van der Waals surface area contributed by atoms with Crippen LogP contribution in [0.3, 0.4) is 0 Å². The number of nitrogens with zero attached hydrogens (tertiary/aromatic N) is 1. The molecule has 0 saturated carbocycles. The van der Waals surface area contributed by atoms with Gasteiger partial charge in [-0.15, -0.1) is 0 Å². The Kier molecular flexibility index (Phi) is 4.81. The van der Waals surface area contributed by atoms with Crippen LogP contribution >= 0.6 is 15.9 Å². The van der Waals surface area contributed by atoms with Gasteiger partial charge >= 0.3 is 0 Å². The highest BCUT2D eigenvalue weighted by atomic mass is 79.9. The first-order valence-electron chi connectivity index (χ1n) is 7.66. The molecule has 1 heterocycles. The van der Waals surface area contributed by atoms with Gasteiger partial charge in [0.1, 0.15) is 0 Å². The highest BCUT2D eigenvalue weighted by molar-refractivity contribution is 9.10. The van der Waals surface area contributed by atoms with Gasteiger partial charge < -0.3 is 9.73 Å². The average molecular weight is 385 g/mol. The van der Waals surface area contributed by atoms with Crippen molar-refractivity contribution in [3.8, 4) is 22.8 Å². The lowest BCUT2D eigenvalue weighted by atomic mass is 10.1. The molecule has 2 aromatic carbocycles. The fraction of sp³-hybridized carbons (Fsp3) is 0.158. The first-order chi connectivity index (χ1) is 11.5. The van der Waals surface area contributed by atoms with Crippen LogP contribution in [0.25, 0.3) is 22.8 Å². The summed E-state index contributed by atoms with van der Waals surface area (Å²) in [5.41, 5.74) is 2.16. The minimum Gasteiger partial charge on any atom is -0.436 e. The van der Waals surface area contributed by atoms with Crippen molar-refractivity contribution in [3.05, 3.63) is 64.8 Å². The number of amides is 1. The van der Waals surface area contributed by atoms with Gasteiger partial charge in [0.2, 0.25) is 5.89 Å². The van der Waals surface area contributed by atoms with Crippen molar-refractivity contribution in [2.75, 3.05) is 0 Å². The smallest absolute Gasteiger partial charge is 0.252 e. The average Bonchev–Trinajstić information content (AvgIpc) is 3.05. The van der Waals surface area contributed by atoms with Crippen LogP contribution in [0.5, 0.6) is 0 Å². The van der Waals surface area contributed by atoms with Crippen LogP contribution in [0.4, 0.5) is 0 Å². The molecule has 1 aromatic heterocycles. The molecule has 0 spiro atoms. The number of nitrogens with one attached hydrogen (secondary N) is 1. The molecule has 0 radical (unpaired) electrons. The maximum Gasteiger partial charge on any atom is 0.252 e. The molecular formula is C19H17BrN2O2. The molecule has 0 aliphatic heterocycles. The van der Waals surface area contributed by atoms with Crippen molar-refractivity contribution in [1.29, 1.82) is 0 Å². The lowest BCUT2D eigenvalue weighted by Crippen LogP contribution is -2.30. The second-order valence-electron chi connectivity index (χ2n) is 5.71. The summed E-state index contributed by atoms with van der Waals surface area (Å²) in [6, 6.07) is 15.2. The van der Waals surface area contributed by atoms with E-state index in [1.807, 2.05) is 56.3 Å². The van der Waals surface area contributed by atoms with E-state index in [1.54, 1.807) is 12.3 Å². The normalized spacial score (nSPS) is 10.8. The molecular weight excluding hydrogens is 368 g/mol. The monoisotopic (exact) mass is 384 g/mol. The van der Waals surface area contributed by atoms with E-state index in [2.05, 4.69) is 26.2 Å². The number of carbonyl (C=O) groups is 1. The van der Waals surface area contributed by atoms with Gasteiger partial charge in [0.05, 0.1) is 11.8 Å². The number of rotatable bonds is 4. The van der Waals surface area contributed by atoms with Crippen LogP contribution in [0.1, 0.15) is 24.2 Å². The zero-order valence-electron chi connectivity index (χ0n) is 13.4. The van der Waals surface area contributed by atoms with Crippen LogP contribution in [-0.4, -0.2) is 16.9 Å². The predicted molar refractivity (Wildman–Crippen MR) is 97.7 cm³/mol. The molecule has 0 saturated heterocycles. The second kappa shape index (κ2) is 7.01. The van der Waals surface area contributed by atoms with E-state index in [9.17, 15) is 4.79 Å². The van der Waals surface area contributed by atoms with Gasteiger partial charge in [-0.1, -0.05) is 40.2 Å². The number of hydrogen-bond acceptors (Lipinski definition) is 3. The summed E-state index contributed by atoms with van der Waals surface area (Å²) in [6.45, 7) is 3.86. The van der Waals surface area contributed by atoms with Gasteiger partial charge in [-0.05, 0) is 38.1 Å². The summed E-state index contributed by atoms with van der Waals surface area (Å²) in [6.07, 6.45) is 1.68. The van der Waals surface area contributed by atoms with Gasteiger partial charge in [-0.3, -0.25) is 4.79 Å². The maximum absolute atomic E-state index is 12.4. The van der Waals surface area contributed by atoms with Crippen LogP contribution in [0, 0.1) is 0 Å². The molecule has 0 atom stereocenters. The standard InChI is InChI=1S/C19H17BrN2O2/c1-12(2)22-18(23)15-5-3-4-6-16(15)19-21-11-17(24-19)13-7-9-14(20)10-8-13/h3-12H,1-2H3,(H,22,23). The van der Waals surface area contributed by atoms with Crippen LogP contribution in [0.2, 0.25) is 0 Å². The molecule has 0 aliphatic rings. The second-order valence-corrected chi connectivity index (χ2v) is 6.63. The number of oxazole rings is 1. The molecule has 0 unspecified atom stereocenters. The molecule has 0 bridgehead atoms. The van der Waals surface area contributed by atoms with Crippen LogP contribution < -0.4 is 5.32 Å². The van der Waals surface area contributed by atoms with E-state index in [-0.39, 0.29) is 11.9 Å². The molecule has 4 nitrogen and oxygen atoms in total. The van der Waals surface area contributed by atoms with Gasteiger partial charge in [-0.2, -0.15) is 0 Å². The lowest BCUT2D eigenvalue weighted by molar-refractivity contribution is 0.0943. The zero-order chi connectivity index (χ0) is 17.1. The fourth-order valence-corrected chi connectivity index (χ4v) is 2.62. The van der Waals surface area contributed by atoms with Crippen LogP contribution in [0.15, 0.2) is 63.6 Å². The SMILES string of the molecule is CC(C)NC(=O)c1ccccc1-c1ncc(-c2ccc(Br)cc2)o1. The lowest BCUT2D eigenvalue weighted by Gasteiger charge is -2.10. The van der Waals surface area contributed by atoms with Crippen LogP contribution in [-0.2, 0) is 0 Å². The number of carbonyl (C=O) groups excluding carboxylic acids is 1. The topological polar surface area (TPSA) is 55.1 Å². The summed E-state index contributed by atoms with van der Waals surface area (Å²) < 4.78 is 6.89. The van der Waals surface area contributed by atoms with E-state index in [1.165, 1.54) is 0 Å². The van der Waals surface area contributed by atoms with Crippen molar-refractivity contribution < 1.29 is 9.21 Å². The predicted octanol–water partition coefficient (Wildman–Crippen LogP) is 4.91. The Bertz CT molecular complexity index is 854. The summed E-state index contributed by atoms with van der Waals surface area (Å²) in [5.74, 6) is 0.961. The van der Waals surface area contributed by atoms with E-state index >= 15 is 0 Å². The molecule has 1 amide bonds. The summed E-state index contributed by atoms with van der Waals surface area (Å²) in [7, 11) is 0. The molecule has 1 N–H and O–H groups in total. The molecule has 24 heavy (non-hydrogen) atoms. The van der Waals surface area contributed by atoms with Crippen molar-refractivity contribution in [2.24, 2.45) is 0 Å². The highest BCUT2D eigenvalue weighted by Gasteiger charge is 2.17. The number of aromatic nitrogens is 1. The fourth-order valence-electron chi connectivity index (χ4n) is 2.35. The minimum atomic E-state index is -0.135. The minimum absolute atomic E-state index is 0.0634. The Labute approximate surface area is 149 Å². The van der Waals surface area contributed by atoms with E-state index in [0.717, 1.165) is 10.0 Å². The Morgan fingerprint density at radius 3 is 2.54 bits per heavy atom. The molecule has 3 aromatic rings. The third-order valence-corrected chi connectivity index (χ3v) is 3.98. The molecule has 5 heteroatoms. The molecule has 0 fully saturated rings.